The van der Waals surface area contributed by atoms with E-state index in [1.54, 1.807) is 13.0 Å². The third-order valence-corrected chi connectivity index (χ3v) is 6.12. The van der Waals surface area contributed by atoms with Crippen molar-refractivity contribution in [1.29, 1.82) is 0 Å². The van der Waals surface area contributed by atoms with Gasteiger partial charge in [0.15, 0.2) is 11.5 Å². The lowest BCUT2D eigenvalue weighted by molar-refractivity contribution is -0.138. The van der Waals surface area contributed by atoms with Crippen LogP contribution in [0.3, 0.4) is 0 Å². The number of alkyl halides is 3. The van der Waals surface area contributed by atoms with Crippen LogP contribution in [0.5, 0.6) is 0 Å². The summed E-state index contributed by atoms with van der Waals surface area (Å²) >= 11 is 0. The Bertz CT molecular complexity index is 1600. The van der Waals surface area contributed by atoms with Gasteiger partial charge in [0.1, 0.15) is 23.3 Å². The molecule has 214 valence electrons. The number of anilines is 2. The van der Waals surface area contributed by atoms with Crippen LogP contribution in [-0.4, -0.2) is 54.8 Å². The largest absolute Gasteiger partial charge is 0.418 e. The third-order valence-electron chi connectivity index (χ3n) is 6.12. The van der Waals surface area contributed by atoms with Gasteiger partial charge in [-0.1, -0.05) is 11.2 Å². The maximum absolute atomic E-state index is 13.4. The maximum Gasteiger partial charge on any atom is 0.418 e. The minimum Gasteiger partial charge on any atom is -0.371 e. The van der Waals surface area contributed by atoms with E-state index in [0.29, 0.717) is 17.9 Å². The van der Waals surface area contributed by atoms with Crippen molar-refractivity contribution in [1.82, 2.24) is 29.6 Å². The van der Waals surface area contributed by atoms with Gasteiger partial charge in [0.2, 0.25) is 12.3 Å². The zero-order chi connectivity index (χ0) is 29.9. The number of rotatable bonds is 9. The lowest BCUT2D eigenvalue weighted by atomic mass is 10.1. The molecule has 1 atom stereocenters. The minimum absolute atomic E-state index is 0.0606. The van der Waals surface area contributed by atoms with Crippen LogP contribution in [0.15, 0.2) is 47.4 Å². The Balaban J connectivity index is 1.57. The summed E-state index contributed by atoms with van der Waals surface area (Å²) in [6.07, 6.45) is -1.71. The molecule has 0 saturated heterocycles. The van der Waals surface area contributed by atoms with E-state index < -0.39 is 29.6 Å². The highest BCUT2D eigenvalue weighted by Crippen LogP contribution is 2.33. The maximum atomic E-state index is 13.4. The van der Waals surface area contributed by atoms with E-state index in [1.165, 1.54) is 56.2 Å². The first-order chi connectivity index (χ1) is 19.4. The van der Waals surface area contributed by atoms with Crippen LogP contribution in [0, 0.1) is 13.8 Å². The fourth-order valence-electron chi connectivity index (χ4n) is 3.99. The summed E-state index contributed by atoms with van der Waals surface area (Å²) in [5.74, 6) is -0.653. The zero-order valence-corrected chi connectivity index (χ0v) is 22.4. The van der Waals surface area contributed by atoms with Gasteiger partial charge in [0.05, 0.1) is 24.1 Å². The number of pyridine rings is 2. The van der Waals surface area contributed by atoms with Crippen LogP contribution in [0.2, 0.25) is 0 Å². The minimum atomic E-state index is -4.59. The van der Waals surface area contributed by atoms with Crippen molar-refractivity contribution < 1.29 is 32.1 Å². The van der Waals surface area contributed by atoms with Gasteiger partial charge in [-0.3, -0.25) is 24.3 Å². The second-order valence-electron chi connectivity index (χ2n) is 8.99. The van der Waals surface area contributed by atoms with Gasteiger partial charge < -0.3 is 19.7 Å². The SMILES string of the molecule is CNc1ncn([C@@H](C)C(=O)Nc2cccc(-c3cnc(C)c(C(F)(F)F)c3)n2)c1C(=O)N(C=O)Cc1cc(C)on1. The quantitative estimate of drug-likeness (QED) is 0.285. The first kappa shape index (κ1) is 28.9. The molecule has 2 N–H and O–H groups in total. The number of halogens is 3. The van der Waals surface area contributed by atoms with Crippen LogP contribution in [0.25, 0.3) is 11.3 Å². The molecule has 0 saturated carbocycles. The van der Waals surface area contributed by atoms with Gasteiger partial charge in [-0.2, -0.15) is 13.2 Å². The molecule has 0 unspecified atom stereocenters. The van der Waals surface area contributed by atoms with Crippen molar-refractivity contribution in [2.75, 3.05) is 17.7 Å². The summed E-state index contributed by atoms with van der Waals surface area (Å²) in [4.78, 5) is 51.5. The lowest BCUT2D eigenvalue weighted by Gasteiger charge is -2.20. The van der Waals surface area contributed by atoms with Crippen LogP contribution in [0.1, 0.15) is 46.2 Å². The van der Waals surface area contributed by atoms with Gasteiger partial charge in [-0.05, 0) is 39.0 Å². The van der Waals surface area contributed by atoms with Crippen molar-refractivity contribution in [2.45, 2.75) is 39.5 Å². The van der Waals surface area contributed by atoms with Gasteiger partial charge in [0.25, 0.3) is 5.91 Å². The van der Waals surface area contributed by atoms with E-state index in [4.69, 9.17) is 4.52 Å². The lowest BCUT2D eigenvalue weighted by Crippen LogP contribution is -2.33. The fraction of sp³-hybridized carbons (Fsp3) is 0.269. The molecule has 4 heterocycles. The highest BCUT2D eigenvalue weighted by Gasteiger charge is 2.33. The number of nitrogens with zero attached hydrogens (tertiary/aromatic N) is 6. The molecule has 4 rings (SSSR count). The molecule has 4 aromatic heterocycles. The average Bonchev–Trinajstić information content (AvgIpc) is 3.56. The van der Waals surface area contributed by atoms with Gasteiger partial charge in [0, 0.05) is 30.6 Å². The molecule has 0 aliphatic heterocycles. The van der Waals surface area contributed by atoms with E-state index in [-0.39, 0.29) is 40.8 Å². The van der Waals surface area contributed by atoms with E-state index in [2.05, 4.69) is 30.7 Å². The molecule has 0 aromatic carbocycles. The predicted molar refractivity (Wildman–Crippen MR) is 139 cm³/mol. The Kier molecular flexibility index (Phi) is 8.16. The molecule has 0 fully saturated rings. The van der Waals surface area contributed by atoms with Crippen molar-refractivity contribution >= 4 is 29.9 Å². The van der Waals surface area contributed by atoms with Crippen molar-refractivity contribution in [3.63, 3.8) is 0 Å². The number of amides is 3. The Hall–Kier alpha value is -5.08. The molecule has 0 aliphatic carbocycles. The van der Waals surface area contributed by atoms with Gasteiger partial charge >= 0.3 is 6.18 Å². The third kappa shape index (κ3) is 6.23. The van der Waals surface area contributed by atoms with Crippen LogP contribution < -0.4 is 10.6 Å². The number of nitrogens with one attached hydrogen (secondary N) is 2. The van der Waals surface area contributed by atoms with Crippen molar-refractivity contribution in [3.05, 3.63) is 71.3 Å². The number of imidazole rings is 1. The molecular weight excluding hydrogens is 545 g/mol. The number of aryl methyl sites for hydroxylation is 2. The van der Waals surface area contributed by atoms with Crippen molar-refractivity contribution in [2.24, 2.45) is 0 Å². The second kappa shape index (κ2) is 11.6. The summed E-state index contributed by atoms with van der Waals surface area (Å²) in [5.41, 5.74) is -0.493. The molecular formula is C26H25F3N8O4. The van der Waals surface area contributed by atoms with E-state index in [1.807, 2.05) is 0 Å². The summed E-state index contributed by atoms with van der Waals surface area (Å²) < 4.78 is 46.4. The van der Waals surface area contributed by atoms with E-state index in [9.17, 15) is 27.6 Å². The molecule has 0 spiro atoms. The Morgan fingerprint density at radius 2 is 1.95 bits per heavy atom. The number of hydrogen-bond donors (Lipinski definition) is 2. The first-order valence-electron chi connectivity index (χ1n) is 12.2. The molecule has 15 heteroatoms. The number of carbonyl (C=O) groups excluding carboxylic acids is 3. The summed E-state index contributed by atoms with van der Waals surface area (Å²) in [6, 6.07) is 5.98. The Morgan fingerprint density at radius 1 is 1.20 bits per heavy atom. The van der Waals surface area contributed by atoms with Crippen LogP contribution in [-0.2, 0) is 22.3 Å². The summed E-state index contributed by atoms with van der Waals surface area (Å²) in [5, 5.41) is 9.18. The monoisotopic (exact) mass is 570 g/mol. The molecule has 3 amide bonds. The average molecular weight is 571 g/mol. The van der Waals surface area contributed by atoms with Crippen LogP contribution in [0.4, 0.5) is 24.8 Å². The smallest absolute Gasteiger partial charge is 0.371 e. The number of hydrogen-bond acceptors (Lipinski definition) is 9. The molecule has 0 radical (unpaired) electrons. The summed E-state index contributed by atoms with van der Waals surface area (Å²) in [7, 11) is 1.53. The Morgan fingerprint density at radius 3 is 2.59 bits per heavy atom. The van der Waals surface area contributed by atoms with Crippen molar-refractivity contribution in [3.8, 4) is 11.3 Å². The highest BCUT2D eigenvalue weighted by molar-refractivity contribution is 6.03. The van der Waals surface area contributed by atoms with Gasteiger partial charge in [-0.15, -0.1) is 0 Å². The zero-order valence-electron chi connectivity index (χ0n) is 22.4. The van der Waals surface area contributed by atoms with E-state index in [0.717, 1.165) is 11.0 Å². The molecule has 0 bridgehead atoms. The fourth-order valence-corrected chi connectivity index (χ4v) is 3.99. The molecule has 12 nitrogen and oxygen atoms in total. The standard InChI is InChI=1S/C26H25F3N8O4/c1-14-8-18(35-41-14)11-36(13-38)25(40)22-23(30-4)32-12-37(22)16(3)24(39)34-21-7-5-6-20(33-21)17-9-19(26(27,28)29)15(2)31-10-17/h5-10,12-13,16,30H,11H2,1-4H3,(H,33,34,39)/t16-/m0/s1. The number of carbonyl (C=O) groups is 3. The topological polar surface area (TPSA) is 148 Å². The van der Waals surface area contributed by atoms with E-state index >= 15 is 0 Å². The molecule has 41 heavy (non-hydrogen) atoms. The second-order valence-corrected chi connectivity index (χ2v) is 8.99. The number of imide groups is 1. The highest BCUT2D eigenvalue weighted by atomic mass is 19.4. The molecule has 4 aromatic rings. The van der Waals surface area contributed by atoms with Crippen LogP contribution >= 0.6 is 0 Å². The predicted octanol–water partition coefficient (Wildman–Crippen LogP) is 4.00. The van der Waals surface area contributed by atoms with Gasteiger partial charge in [-0.25, -0.2) is 9.97 Å². The summed E-state index contributed by atoms with van der Waals surface area (Å²) in [6.45, 7) is 4.26. The molecule has 0 aliphatic rings. The Labute approximate surface area is 231 Å². The number of aromatic nitrogens is 5. The normalized spacial score (nSPS) is 12.1. The first-order valence-corrected chi connectivity index (χ1v) is 12.2.